The molecule has 11 heteroatoms. The first kappa shape index (κ1) is 21.5. The van der Waals surface area contributed by atoms with E-state index in [0.29, 0.717) is 5.95 Å². The van der Waals surface area contributed by atoms with E-state index < -0.39 is 5.91 Å². The summed E-state index contributed by atoms with van der Waals surface area (Å²) in [6.07, 6.45) is 9.01. The Labute approximate surface area is 179 Å². The maximum absolute atomic E-state index is 11.2. The molecule has 3 atom stereocenters. The number of nitrogens with zero attached hydrogens (tertiary/aromatic N) is 5. The summed E-state index contributed by atoms with van der Waals surface area (Å²) in [5.41, 5.74) is 13.9. The van der Waals surface area contributed by atoms with Gasteiger partial charge < -0.3 is 22.1 Å². The van der Waals surface area contributed by atoms with Crippen molar-refractivity contribution in [3.8, 4) is 5.69 Å². The monoisotopic (exact) mass is 429 g/mol. The van der Waals surface area contributed by atoms with Crippen molar-refractivity contribution in [1.29, 1.82) is 0 Å². The van der Waals surface area contributed by atoms with E-state index in [0.717, 1.165) is 30.6 Å². The molecule has 3 aromatic rings. The van der Waals surface area contributed by atoms with Gasteiger partial charge in [-0.05, 0) is 37.5 Å². The van der Waals surface area contributed by atoms with Gasteiger partial charge >= 0.3 is 0 Å². The molecule has 0 radical (unpaired) electrons. The number of benzene rings is 1. The summed E-state index contributed by atoms with van der Waals surface area (Å²) in [4.78, 5) is 21.1. The number of amides is 1. The van der Waals surface area contributed by atoms with E-state index in [9.17, 15) is 4.79 Å². The molecule has 1 unspecified atom stereocenters. The molecule has 1 amide bonds. The lowest BCUT2D eigenvalue weighted by atomic mass is 9.86. The van der Waals surface area contributed by atoms with Crippen LogP contribution in [0.2, 0.25) is 0 Å². The molecule has 2 heterocycles. The summed E-state index contributed by atoms with van der Waals surface area (Å²) in [5, 5.41) is 15.2. The van der Waals surface area contributed by atoms with E-state index in [4.69, 9.17) is 11.5 Å². The Balaban J connectivity index is 0.00000256. The molecule has 158 valence electrons. The average molecular weight is 430 g/mol. The highest BCUT2D eigenvalue weighted by atomic mass is 35.5. The Hall–Kier alpha value is -3.24. The van der Waals surface area contributed by atoms with Crippen LogP contribution in [-0.4, -0.2) is 49.0 Å². The standard InChI is InChI=1S/C19H23N9O.ClH/c20-17-15(26-13-3-1-4-14(9-13)28-24-7-8-25-28)5-2-6-16(17)27-19-22-10-12(11-23-19)18(21)29;/h1,3-4,7-11,15-17,26H,2,5-6,20H2,(H2,21,29)(H,22,23,27);1H/t15?,16-,17+;/m1./s1. The Morgan fingerprint density at radius 3 is 2.40 bits per heavy atom. The number of carbonyl (C=O) groups is 1. The van der Waals surface area contributed by atoms with Crippen LogP contribution < -0.4 is 22.1 Å². The second-order valence-corrected chi connectivity index (χ2v) is 7.04. The van der Waals surface area contributed by atoms with Crippen molar-refractivity contribution in [2.75, 3.05) is 10.6 Å². The minimum absolute atomic E-state index is 0. The number of anilines is 2. The van der Waals surface area contributed by atoms with Gasteiger partial charge in [-0.2, -0.15) is 15.0 Å². The number of nitrogens with two attached hydrogens (primary N) is 2. The van der Waals surface area contributed by atoms with Gasteiger partial charge in [0, 0.05) is 36.2 Å². The zero-order valence-electron chi connectivity index (χ0n) is 16.2. The minimum Gasteiger partial charge on any atom is -0.381 e. The van der Waals surface area contributed by atoms with Crippen LogP contribution in [-0.2, 0) is 0 Å². The third-order valence-corrected chi connectivity index (χ3v) is 5.06. The van der Waals surface area contributed by atoms with Crippen LogP contribution in [0, 0.1) is 0 Å². The number of carbonyl (C=O) groups excluding carboxylic acids is 1. The lowest BCUT2D eigenvalue weighted by molar-refractivity contribution is 0.0999. The van der Waals surface area contributed by atoms with Crippen LogP contribution in [0.25, 0.3) is 5.69 Å². The summed E-state index contributed by atoms with van der Waals surface area (Å²) < 4.78 is 0. The number of hydrogen-bond donors (Lipinski definition) is 4. The molecule has 6 N–H and O–H groups in total. The molecular formula is C19H24ClN9O. The van der Waals surface area contributed by atoms with Gasteiger partial charge in [-0.15, -0.1) is 12.4 Å². The number of primary amides is 1. The van der Waals surface area contributed by atoms with Gasteiger partial charge in [0.2, 0.25) is 5.95 Å². The topological polar surface area (TPSA) is 150 Å². The molecule has 0 bridgehead atoms. The number of aromatic nitrogens is 5. The summed E-state index contributed by atoms with van der Waals surface area (Å²) in [5.74, 6) is -0.120. The molecule has 1 aromatic carbocycles. The van der Waals surface area contributed by atoms with Crippen LogP contribution >= 0.6 is 12.4 Å². The molecule has 1 aliphatic rings. The van der Waals surface area contributed by atoms with Crippen molar-refractivity contribution < 1.29 is 4.79 Å². The SMILES string of the molecule is Cl.NC(=O)c1cnc(N[C@@H]2CCCC(Nc3cccc(-n4nccn4)c3)[C@@H]2N)nc1. The second kappa shape index (κ2) is 9.51. The summed E-state index contributed by atoms with van der Waals surface area (Å²) in [6, 6.07) is 7.86. The van der Waals surface area contributed by atoms with Crippen molar-refractivity contribution in [3.63, 3.8) is 0 Å². The van der Waals surface area contributed by atoms with Crippen LogP contribution in [0.3, 0.4) is 0 Å². The second-order valence-electron chi connectivity index (χ2n) is 7.04. The van der Waals surface area contributed by atoms with Crippen LogP contribution in [0.1, 0.15) is 29.6 Å². The fourth-order valence-electron chi connectivity index (χ4n) is 3.54. The third kappa shape index (κ3) is 4.84. The summed E-state index contributed by atoms with van der Waals surface area (Å²) in [7, 11) is 0. The van der Waals surface area contributed by atoms with Gasteiger partial charge in [0.05, 0.1) is 23.6 Å². The number of hydrogen-bond acceptors (Lipinski definition) is 8. The molecule has 1 aliphatic carbocycles. The van der Waals surface area contributed by atoms with E-state index in [1.54, 1.807) is 17.2 Å². The quantitative estimate of drug-likeness (QED) is 0.458. The van der Waals surface area contributed by atoms with Gasteiger partial charge in [-0.3, -0.25) is 4.79 Å². The van der Waals surface area contributed by atoms with Gasteiger partial charge in [-0.1, -0.05) is 6.07 Å². The fraction of sp³-hybridized carbons (Fsp3) is 0.316. The smallest absolute Gasteiger partial charge is 0.251 e. The molecule has 1 saturated carbocycles. The Kier molecular flexibility index (Phi) is 6.80. The molecule has 30 heavy (non-hydrogen) atoms. The highest BCUT2D eigenvalue weighted by Gasteiger charge is 2.31. The van der Waals surface area contributed by atoms with Gasteiger partial charge in [0.1, 0.15) is 0 Å². The van der Waals surface area contributed by atoms with E-state index in [2.05, 4.69) is 30.8 Å². The largest absolute Gasteiger partial charge is 0.381 e. The number of rotatable bonds is 6. The van der Waals surface area contributed by atoms with Gasteiger partial charge in [-0.25, -0.2) is 9.97 Å². The van der Waals surface area contributed by atoms with Crippen LogP contribution in [0.5, 0.6) is 0 Å². The third-order valence-electron chi connectivity index (χ3n) is 5.06. The fourth-order valence-corrected chi connectivity index (χ4v) is 3.54. The highest BCUT2D eigenvalue weighted by molar-refractivity contribution is 5.92. The Bertz CT molecular complexity index is 964. The van der Waals surface area contributed by atoms with E-state index in [-0.39, 0.29) is 36.1 Å². The molecular weight excluding hydrogens is 406 g/mol. The highest BCUT2D eigenvalue weighted by Crippen LogP contribution is 2.24. The predicted molar refractivity (Wildman–Crippen MR) is 116 cm³/mol. The lowest BCUT2D eigenvalue weighted by Crippen LogP contribution is -2.54. The molecule has 4 rings (SSSR count). The van der Waals surface area contributed by atoms with Crippen molar-refractivity contribution in [1.82, 2.24) is 25.0 Å². The summed E-state index contributed by atoms with van der Waals surface area (Å²) >= 11 is 0. The lowest BCUT2D eigenvalue weighted by Gasteiger charge is -2.37. The van der Waals surface area contributed by atoms with Crippen LogP contribution in [0.15, 0.2) is 49.1 Å². The first-order valence-corrected chi connectivity index (χ1v) is 9.47. The average Bonchev–Trinajstić information content (AvgIpc) is 3.27. The minimum atomic E-state index is -0.553. The van der Waals surface area contributed by atoms with E-state index in [1.807, 2.05) is 24.3 Å². The Morgan fingerprint density at radius 1 is 1.07 bits per heavy atom. The molecule has 10 nitrogen and oxygen atoms in total. The maximum Gasteiger partial charge on any atom is 0.251 e. The molecule has 0 saturated heterocycles. The van der Waals surface area contributed by atoms with Crippen molar-refractivity contribution in [2.45, 2.75) is 37.4 Å². The van der Waals surface area contributed by atoms with Gasteiger partial charge in [0.25, 0.3) is 5.91 Å². The first-order valence-electron chi connectivity index (χ1n) is 9.47. The zero-order chi connectivity index (χ0) is 20.2. The summed E-state index contributed by atoms with van der Waals surface area (Å²) in [6.45, 7) is 0. The molecule has 2 aromatic heterocycles. The van der Waals surface area contributed by atoms with E-state index >= 15 is 0 Å². The number of nitrogens with one attached hydrogen (secondary N) is 2. The number of halogens is 1. The maximum atomic E-state index is 11.2. The van der Waals surface area contributed by atoms with Crippen molar-refractivity contribution in [3.05, 3.63) is 54.6 Å². The van der Waals surface area contributed by atoms with E-state index in [1.165, 1.54) is 12.4 Å². The van der Waals surface area contributed by atoms with Gasteiger partial charge in [0.15, 0.2) is 0 Å². The van der Waals surface area contributed by atoms with Crippen molar-refractivity contribution in [2.24, 2.45) is 11.5 Å². The van der Waals surface area contributed by atoms with Crippen LogP contribution in [0.4, 0.5) is 11.6 Å². The predicted octanol–water partition coefficient (Wildman–Crippen LogP) is 1.35. The Morgan fingerprint density at radius 2 is 1.73 bits per heavy atom. The molecule has 0 spiro atoms. The molecule has 0 aliphatic heterocycles. The first-order chi connectivity index (χ1) is 14.1. The zero-order valence-corrected chi connectivity index (χ0v) is 17.0. The normalized spacial score (nSPS) is 20.8. The van der Waals surface area contributed by atoms with Crippen molar-refractivity contribution >= 4 is 29.9 Å². The molecule has 1 fully saturated rings.